The van der Waals surface area contributed by atoms with Gasteiger partial charge in [-0.25, -0.2) is 0 Å². The third-order valence-electron chi connectivity index (χ3n) is 2.59. The molecule has 0 N–H and O–H groups in total. The van der Waals surface area contributed by atoms with Crippen molar-refractivity contribution in [3.8, 4) is 5.75 Å². The van der Waals surface area contributed by atoms with Gasteiger partial charge in [-0.15, -0.1) is 0 Å². The van der Waals surface area contributed by atoms with Crippen molar-refractivity contribution in [2.75, 3.05) is 6.61 Å². The molecule has 0 saturated heterocycles. The lowest BCUT2D eigenvalue weighted by atomic mass is 10.2. The molecule has 0 amide bonds. The van der Waals surface area contributed by atoms with Gasteiger partial charge in [0.25, 0.3) is 5.69 Å². The van der Waals surface area contributed by atoms with Gasteiger partial charge in [-0.2, -0.15) is 0 Å². The van der Waals surface area contributed by atoms with Crippen LogP contribution in [0.1, 0.15) is 12.5 Å². The summed E-state index contributed by atoms with van der Waals surface area (Å²) in [6.07, 6.45) is 1.66. The first-order valence-electron chi connectivity index (χ1n) is 6.20. The highest BCUT2D eigenvalue weighted by Crippen LogP contribution is 2.19. The number of nitro benzene ring substituents is 1. The Hall–Kier alpha value is -2.69. The number of nitro groups is 1. The van der Waals surface area contributed by atoms with E-state index in [4.69, 9.17) is 4.74 Å². The fraction of sp³-hybridized carbons (Fsp3) is 0.133. The molecule has 0 spiro atoms. The van der Waals surface area contributed by atoms with Gasteiger partial charge >= 0.3 is 0 Å². The van der Waals surface area contributed by atoms with E-state index in [1.165, 1.54) is 12.1 Å². The molecule has 2 aromatic carbocycles. The molecule has 5 nitrogen and oxygen atoms in total. The van der Waals surface area contributed by atoms with E-state index < -0.39 is 4.92 Å². The second-order valence-electron chi connectivity index (χ2n) is 4.04. The topological polar surface area (TPSA) is 64.7 Å². The first kappa shape index (κ1) is 13.7. The molecule has 0 unspecified atom stereocenters. The number of ether oxygens (including phenoxy) is 1. The van der Waals surface area contributed by atoms with Gasteiger partial charge < -0.3 is 4.74 Å². The monoisotopic (exact) mass is 270 g/mol. The third-order valence-corrected chi connectivity index (χ3v) is 2.59. The minimum atomic E-state index is -0.435. The lowest BCUT2D eigenvalue weighted by Crippen LogP contribution is -1.91. The van der Waals surface area contributed by atoms with E-state index in [0.717, 1.165) is 11.3 Å². The second-order valence-corrected chi connectivity index (χ2v) is 4.04. The maximum atomic E-state index is 10.7. The molecule has 0 aliphatic carbocycles. The molecule has 0 saturated carbocycles. The summed E-state index contributed by atoms with van der Waals surface area (Å²) in [4.78, 5) is 14.5. The standard InChI is InChI=1S/C15H14N2O3/c1-2-20-15-8-6-12(7-9-15)11-16-13-4-3-5-14(10-13)17(18)19/h3-11H,2H2,1H3. The van der Waals surface area contributed by atoms with Crippen LogP contribution in [-0.2, 0) is 0 Å². The molecule has 0 aliphatic rings. The van der Waals surface area contributed by atoms with Gasteiger partial charge in [0.2, 0.25) is 0 Å². The van der Waals surface area contributed by atoms with Crippen LogP contribution < -0.4 is 4.74 Å². The lowest BCUT2D eigenvalue weighted by molar-refractivity contribution is -0.384. The highest BCUT2D eigenvalue weighted by Gasteiger charge is 2.04. The fourth-order valence-electron chi connectivity index (χ4n) is 1.65. The van der Waals surface area contributed by atoms with E-state index >= 15 is 0 Å². The van der Waals surface area contributed by atoms with Crippen LogP contribution in [-0.4, -0.2) is 17.7 Å². The minimum Gasteiger partial charge on any atom is -0.494 e. The predicted molar refractivity (Wildman–Crippen MR) is 78.0 cm³/mol. The molecule has 102 valence electrons. The quantitative estimate of drug-likeness (QED) is 0.472. The van der Waals surface area contributed by atoms with Crippen molar-refractivity contribution in [2.24, 2.45) is 4.99 Å². The van der Waals surface area contributed by atoms with Crippen LogP contribution in [0.4, 0.5) is 11.4 Å². The Bertz CT molecular complexity index is 621. The van der Waals surface area contributed by atoms with E-state index in [9.17, 15) is 10.1 Å². The molecule has 0 aliphatic heterocycles. The summed E-state index contributed by atoms with van der Waals surface area (Å²) >= 11 is 0. The van der Waals surface area contributed by atoms with E-state index in [-0.39, 0.29) is 5.69 Å². The SMILES string of the molecule is CCOc1ccc(C=Nc2cccc([N+](=O)[O-])c2)cc1. The Kier molecular flexibility index (Phi) is 4.44. The van der Waals surface area contributed by atoms with E-state index in [1.807, 2.05) is 31.2 Å². The zero-order valence-corrected chi connectivity index (χ0v) is 11.0. The van der Waals surface area contributed by atoms with Gasteiger partial charge in [0, 0.05) is 18.3 Å². The first-order chi connectivity index (χ1) is 9.69. The summed E-state index contributed by atoms with van der Waals surface area (Å²) in [5.74, 6) is 0.806. The van der Waals surface area contributed by atoms with Crippen LogP contribution in [0.25, 0.3) is 0 Å². The number of non-ortho nitro benzene ring substituents is 1. The number of hydrogen-bond acceptors (Lipinski definition) is 4. The molecular weight excluding hydrogens is 256 g/mol. The Labute approximate surface area is 116 Å². The number of benzene rings is 2. The smallest absolute Gasteiger partial charge is 0.271 e. The van der Waals surface area contributed by atoms with Gasteiger partial charge in [-0.1, -0.05) is 6.07 Å². The van der Waals surface area contributed by atoms with Gasteiger partial charge in [-0.3, -0.25) is 15.1 Å². The van der Waals surface area contributed by atoms with Gasteiger partial charge in [0.15, 0.2) is 0 Å². The predicted octanol–water partition coefficient (Wildman–Crippen LogP) is 3.74. The summed E-state index contributed by atoms with van der Waals surface area (Å²) in [6, 6.07) is 13.7. The Balaban J connectivity index is 2.12. The summed E-state index contributed by atoms with van der Waals surface area (Å²) in [5.41, 5.74) is 1.49. The molecule has 0 aromatic heterocycles. The molecule has 0 heterocycles. The summed E-state index contributed by atoms with van der Waals surface area (Å²) in [5, 5.41) is 10.7. The molecule has 0 atom stereocenters. The first-order valence-corrected chi connectivity index (χ1v) is 6.20. The van der Waals surface area contributed by atoms with Crippen LogP contribution in [0.3, 0.4) is 0 Å². The fourth-order valence-corrected chi connectivity index (χ4v) is 1.65. The minimum absolute atomic E-state index is 0.0337. The van der Waals surface area contributed by atoms with Crippen LogP contribution >= 0.6 is 0 Å². The number of nitrogens with zero attached hydrogens (tertiary/aromatic N) is 2. The summed E-state index contributed by atoms with van der Waals surface area (Å²) < 4.78 is 5.35. The Morgan fingerprint density at radius 3 is 2.65 bits per heavy atom. The van der Waals surface area contributed by atoms with E-state index in [1.54, 1.807) is 18.3 Å². The Morgan fingerprint density at radius 1 is 1.25 bits per heavy atom. The second kappa shape index (κ2) is 6.47. The van der Waals surface area contributed by atoms with Crippen molar-refractivity contribution in [1.29, 1.82) is 0 Å². The van der Waals surface area contributed by atoms with E-state index in [2.05, 4.69) is 4.99 Å². The lowest BCUT2D eigenvalue weighted by Gasteiger charge is -2.02. The van der Waals surface area contributed by atoms with Gasteiger partial charge in [-0.05, 0) is 42.8 Å². The van der Waals surface area contributed by atoms with Crippen LogP contribution in [0.15, 0.2) is 53.5 Å². The zero-order chi connectivity index (χ0) is 14.4. The van der Waals surface area contributed by atoms with Crippen molar-refractivity contribution in [3.05, 3.63) is 64.2 Å². The maximum absolute atomic E-state index is 10.7. The van der Waals surface area contributed by atoms with E-state index in [0.29, 0.717) is 12.3 Å². The third kappa shape index (κ3) is 3.65. The molecule has 5 heteroatoms. The molecular formula is C15H14N2O3. The number of hydrogen-bond donors (Lipinski definition) is 0. The average molecular weight is 270 g/mol. The van der Waals surface area contributed by atoms with Crippen LogP contribution in [0.5, 0.6) is 5.75 Å². The van der Waals surface area contributed by atoms with Crippen molar-refractivity contribution >= 4 is 17.6 Å². The highest BCUT2D eigenvalue weighted by atomic mass is 16.6. The molecule has 0 bridgehead atoms. The van der Waals surface area contributed by atoms with Crippen LogP contribution in [0, 0.1) is 10.1 Å². The average Bonchev–Trinajstić information content (AvgIpc) is 2.47. The largest absolute Gasteiger partial charge is 0.494 e. The van der Waals surface area contributed by atoms with Crippen LogP contribution in [0.2, 0.25) is 0 Å². The number of aliphatic imine (C=N–C) groups is 1. The molecule has 2 aromatic rings. The highest BCUT2D eigenvalue weighted by molar-refractivity contribution is 5.82. The van der Waals surface area contributed by atoms with Crippen molar-refractivity contribution < 1.29 is 9.66 Å². The molecule has 0 fully saturated rings. The van der Waals surface area contributed by atoms with Crippen molar-refractivity contribution in [2.45, 2.75) is 6.92 Å². The van der Waals surface area contributed by atoms with Gasteiger partial charge in [0.1, 0.15) is 5.75 Å². The number of rotatable bonds is 5. The normalized spacial score (nSPS) is 10.7. The molecule has 0 radical (unpaired) electrons. The summed E-state index contributed by atoms with van der Waals surface area (Å²) in [6.45, 7) is 2.55. The molecule has 2 rings (SSSR count). The summed E-state index contributed by atoms with van der Waals surface area (Å²) in [7, 11) is 0. The molecule has 20 heavy (non-hydrogen) atoms. The van der Waals surface area contributed by atoms with Crippen molar-refractivity contribution in [1.82, 2.24) is 0 Å². The van der Waals surface area contributed by atoms with Gasteiger partial charge in [0.05, 0.1) is 17.2 Å². The maximum Gasteiger partial charge on any atom is 0.271 e. The van der Waals surface area contributed by atoms with Crippen molar-refractivity contribution in [3.63, 3.8) is 0 Å². The Morgan fingerprint density at radius 2 is 2.00 bits per heavy atom. The zero-order valence-electron chi connectivity index (χ0n) is 11.0.